The molecular weight excluding hydrogens is 448 g/mol. The van der Waals surface area contributed by atoms with Crippen LogP contribution in [0.4, 0.5) is 5.69 Å². The van der Waals surface area contributed by atoms with Crippen LogP contribution in [0.5, 0.6) is 11.5 Å². The molecule has 0 aliphatic heterocycles. The minimum Gasteiger partial charge on any atom is -0.516 e. The van der Waals surface area contributed by atoms with Crippen molar-refractivity contribution >= 4 is 11.6 Å². The molecule has 0 spiro atoms. The van der Waals surface area contributed by atoms with Gasteiger partial charge in [-0.25, -0.2) is 0 Å². The SMILES string of the molecule is CC(=O)N(C)Cc1cc([N+](=O)[O-])ccc1Oc1c[c-]c(C)cc1.[CH3-].[V].[Y]. The molecule has 0 aromatic heterocycles. The molecular formula is C18H20N2O4VY-2. The van der Waals surface area contributed by atoms with Crippen LogP contribution in [0, 0.1) is 30.5 Å². The summed E-state index contributed by atoms with van der Waals surface area (Å²) in [6.45, 7) is 3.58. The van der Waals surface area contributed by atoms with Crippen molar-refractivity contribution in [1.82, 2.24) is 4.90 Å². The molecule has 0 atom stereocenters. The Hall–Kier alpha value is -1.20. The van der Waals surface area contributed by atoms with E-state index in [1.807, 2.05) is 13.0 Å². The molecule has 0 saturated heterocycles. The number of hydrogen-bond donors (Lipinski definition) is 0. The maximum atomic E-state index is 11.4. The van der Waals surface area contributed by atoms with Crippen molar-refractivity contribution in [3.63, 3.8) is 0 Å². The van der Waals surface area contributed by atoms with Crippen molar-refractivity contribution in [3.8, 4) is 11.5 Å². The number of non-ortho nitro benzene ring substituents is 1. The van der Waals surface area contributed by atoms with Gasteiger partial charge in [0.05, 0.1) is 4.92 Å². The second-order valence-corrected chi connectivity index (χ2v) is 5.23. The largest absolute Gasteiger partial charge is 0.516 e. The predicted molar refractivity (Wildman–Crippen MR) is 91.7 cm³/mol. The van der Waals surface area contributed by atoms with Crippen LogP contribution in [0.25, 0.3) is 0 Å². The Kier molecular flexibility index (Phi) is 12.7. The molecule has 0 aliphatic rings. The maximum Gasteiger partial charge on any atom is 0.270 e. The number of rotatable bonds is 5. The van der Waals surface area contributed by atoms with Gasteiger partial charge in [-0.15, -0.1) is 12.1 Å². The molecule has 2 aromatic rings. The van der Waals surface area contributed by atoms with Crippen LogP contribution >= 0.6 is 0 Å². The fraction of sp³-hybridized carbons (Fsp3) is 0.222. The number of benzene rings is 2. The molecule has 6 nitrogen and oxygen atoms in total. The number of carbonyl (C=O) groups is 1. The molecule has 0 heterocycles. The molecule has 0 bridgehead atoms. The third kappa shape index (κ3) is 7.58. The van der Waals surface area contributed by atoms with Crippen molar-refractivity contribution < 1.29 is 65.7 Å². The first-order chi connectivity index (χ1) is 10.9. The molecule has 0 unspecified atom stereocenters. The minimum absolute atomic E-state index is 0. The Morgan fingerprint density at radius 3 is 2.46 bits per heavy atom. The average Bonchev–Trinajstić information content (AvgIpc) is 2.50. The monoisotopic (exact) mass is 468 g/mol. The summed E-state index contributed by atoms with van der Waals surface area (Å²) in [5.41, 5.74) is 1.51. The minimum atomic E-state index is -0.472. The molecule has 26 heavy (non-hydrogen) atoms. The zero-order valence-electron chi connectivity index (χ0n) is 15.2. The van der Waals surface area contributed by atoms with Gasteiger partial charge in [0.15, 0.2) is 0 Å². The van der Waals surface area contributed by atoms with Crippen LogP contribution in [0.2, 0.25) is 0 Å². The van der Waals surface area contributed by atoms with Gasteiger partial charge in [-0.1, -0.05) is 6.92 Å². The van der Waals surface area contributed by atoms with Crippen LogP contribution in [0.1, 0.15) is 18.1 Å². The van der Waals surface area contributed by atoms with Crippen molar-refractivity contribution in [2.75, 3.05) is 7.05 Å². The van der Waals surface area contributed by atoms with Gasteiger partial charge in [0, 0.05) is 95.2 Å². The predicted octanol–water partition coefficient (Wildman–Crippen LogP) is 3.92. The quantitative estimate of drug-likeness (QED) is 0.379. The van der Waals surface area contributed by atoms with E-state index >= 15 is 0 Å². The smallest absolute Gasteiger partial charge is 0.270 e. The summed E-state index contributed by atoms with van der Waals surface area (Å²) in [5, 5.41) is 11.0. The van der Waals surface area contributed by atoms with Gasteiger partial charge >= 0.3 is 0 Å². The van der Waals surface area contributed by atoms with E-state index in [0.29, 0.717) is 17.1 Å². The molecule has 8 heteroatoms. The first-order valence-corrected chi connectivity index (χ1v) is 7.02. The number of carbonyl (C=O) groups excluding carboxylic acids is 1. The van der Waals surface area contributed by atoms with Gasteiger partial charge in [0.1, 0.15) is 5.75 Å². The first-order valence-electron chi connectivity index (χ1n) is 7.02. The standard InChI is InChI=1S/C17H17N2O4.CH3.V.Y/c1-12-4-7-16(8-5-12)23-17-9-6-15(19(21)22)10-14(17)11-18(3)13(2)20;;;/h4,6-10H,11H2,1-3H3;1H3;;/q2*-1;;. The van der Waals surface area contributed by atoms with E-state index < -0.39 is 4.92 Å². The number of nitrogens with zero attached hydrogens (tertiary/aromatic N) is 2. The summed E-state index contributed by atoms with van der Waals surface area (Å²) in [6, 6.07) is 12.7. The van der Waals surface area contributed by atoms with Gasteiger partial charge < -0.3 is 17.1 Å². The van der Waals surface area contributed by atoms with E-state index in [9.17, 15) is 14.9 Å². The summed E-state index contributed by atoms with van der Waals surface area (Å²) in [5.74, 6) is 0.920. The molecule has 0 aliphatic carbocycles. The van der Waals surface area contributed by atoms with E-state index in [1.54, 1.807) is 25.2 Å². The van der Waals surface area contributed by atoms with Crippen molar-refractivity contribution in [2.45, 2.75) is 20.4 Å². The third-order valence-electron chi connectivity index (χ3n) is 3.37. The number of hydrogen-bond acceptors (Lipinski definition) is 4. The van der Waals surface area contributed by atoms with Gasteiger partial charge in [-0.2, -0.15) is 17.7 Å². The molecule has 0 saturated carbocycles. The van der Waals surface area contributed by atoms with Crippen LogP contribution in [0.15, 0.2) is 36.4 Å². The Morgan fingerprint density at radius 1 is 1.31 bits per heavy atom. The summed E-state index contributed by atoms with van der Waals surface area (Å²) in [4.78, 5) is 23.4. The number of nitro benzene ring substituents is 1. The fourth-order valence-corrected chi connectivity index (χ4v) is 1.95. The topological polar surface area (TPSA) is 72.7 Å². The normalized spacial score (nSPS) is 9.04. The Bertz CT molecular complexity index is 738. The van der Waals surface area contributed by atoms with Crippen LogP contribution in [-0.2, 0) is 62.6 Å². The Morgan fingerprint density at radius 2 is 1.96 bits per heavy atom. The second kappa shape index (κ2) is 12.2. The van der Waals surface area contributed by atoms with E-state index in [4.69, 9.17) is 4.74 Å². The molecule has 2 radical (unpaired) electrons. The summed E-state index contributed by atoms with van der Waals surface area (Å²) < 4.78 is 5.79. The Balaban J connectivity index is 0. The summed E-state index contributed by atoms with van der Waals surface area (Å²) in [7, 11) is 1.63. The van der Waals surface area contributed by atoms with E-state index in [0.717, 1.165) is 5.56 Å². The summed E-state index contributed by atoms with van der Waals surface area (Å²) >= 11 is 0. The number of amides is 1. The molecule has 0 N–H and O–H groups in total. The fourth-order valence-electron chi connectivity index (χ4n) is 1.95. The van der Waals surface area contributed by atoms with Crippen LogP contribution < -0.4 is 4.74 Å². The second-order valence-electron chi connectivity index (χ2n) is 5.23. The summed E-state index contributed by atoms with van der Waals surface area (Å²) in [6.07, 6.45) is 0. The molecule has 2 aromatic carbocycles. The van der Waals surface area contributed by atoms with E-state index in [-0.39, 0.29) is 76.8 Å². The number of nitro groups is 1. The maximum absolute atomic E-state index is 11.4. The van der Waals surface area contributed by atoms with E-state index in [2.05, 4.69) is 6.07 Å². The molecule has 1 amide bonds. The zero-order chi connectivity index (χ0) is 17.0. The molecule has 0 fully saturated rings. The van der Waals surface area contributed by atoms with Crippen molar-refractivity contribution in [1.29, 1.82) is 0 Å². The molecule has 2 rings (SSSR count). The van der Waals surface area contributed by atoms with Crippen molar-refractivity contribution in [3.05, 3.63) is 71.1 Å². The third-order valence-corrected chi connectivity index (χ3v) is 3.37. The van der Waals surface area contributed by atoms with Gasteiger partial charge in [0.2, 0.25) is 5.91 Å². The van der Waals surface area contributed by atoms with Crippen molar-refractivity contribution in [2.24, 2.45) is 0 Å². The van der Waals surface area contributed by atoms with Crippen LogP contribution in [-0.4, -0.2) is 22.8 Å². The Labute approximate surface area is 191 Å². The van der Waals surface area contributed by atoms with E-state index in [1.165, 1.54) is 24.0 Å². The van der Waals surface area contributed by atoms with Gasteiger partial charge in [0.25, 0.3) is 5.69 Å². The van der Waals surface area contributed by atoms with Gasteiger partial charge in [-0.3, -0.25) is 14.9 Å². The zero-order valence-corrected chi connectivity index (χ0v) is 19.5. The average molecular weight is 468 g/mol. The van der Waals surface area contributed by atoms with Gasteiger partial charge in [-0.05, 0) is 6.07 Å². The number of ether oxygens (including phenoxy) is 1. The van der Waals surface area contributed by atoms with Crippen LogP contribution in [0.3, 0.4) is 0 Å². The number of aryl methyl sites for hydroxylation is 1. The molecule has 136 valence electrons. The first kappa shape index (κ1) is 27.0.